The first-order valence-corrected chi connectivity index (χ1v) is 8.06. The maximum absolute atomic E-state index is 13.2. The molecule has 3 rings (SSSR count). The van der Waals surface area contributed by atoms with Crippen LogP contribution in [-0.2, 0) is 9.53 Å². The lowest BCUT2D eigenvalue weighted by Gasteiger charge is -2.36. The van der Waals surface area contributed by atoms with Gasteiger partial charge in [0.1, 0.15) is 5.82 Å². The average molecular weight is 342 g/mol. The molecule has 130 valence electrons. The predicted molar refractivity (Wildman–Crippen MR) is 91.7 cm³/mol. The van der Waals surface area contributed by atoms with Gasteiger partial charge in [-0.1, -0.05) is 18.2 Å². The number of carbonyl (C=O) groups excluding carboxylic acids is 2. The van der Waals surface area contributed by atoms with Crippen molar-refractivity contribution in [1.29, 1.82) is 0 Å². The Labute approximate surface area is 145 Å². The zero-order chi connectivity index (χ0) is 17.8. The van der Waals surface area contributed by atoms with Crippen molar-refractivity contribution >= 4 is 17.5 Å². The number of hydrogen-bond acceptors (Lipinski definition) is 3. The van der Waals surface area contributed by atoms with Crippen LogP contribution in [0.15, 0.2) is 48.5 Å². The number of hydrogen-bond donors (Lipinski definition) is 1. The zero-order valence-electron chi connectivity index (χ0n) is 13.9. The molecule has 0 spiro atoms. The van der Waals surface area contributed by atoms with Crippen LogP contribution >= 0.6 is 0 Å². The topological polar surface area (TPSA) is 58.6 Å². The molecule has 1 unspecified atom stereocenters. The average Bonchev–Trinajstić information content (AvgIpc) is 2.61. The van der Waals surface area contributed by atoms with Crippen LogP contribution < -0.4 is 5.32 Å². The molecule has 0 aliphatic carbocycles. The standard InChI is InChI=1S/C19H19FN2O3/c1-13(23)21-17-4-2-3-15(11-17)19(24)22-9-10-25-12-18(22)14-5-7-16(20)8-6-14/h2-8,11,18H,9-10,12H2,1H3,(H,21,23). The highest BCUT2D eigenvalue weighted by atomic mass is 19.1. The minimum absolute atomic E-state index is 0.148. The molecule has 2 aromatic carbocycles. The summed E-state index contributed by atoms with van der Waals surface area (Å²) in [4.78, 5) is 25.9. The van der Waals surface area contributed by atoms with Crippen LogP contribution in [-0.4, -0.2) is 36.5 Å². The molecule has 5 nitrogen and oxygen atoms in total. The van der Waals surface area contributed by atoms with Gasteiger partial charge in [0.15, 0.2) is 0 Å². The van der Waals surface area contributed by atoms with Crippen LogP contribution in [0.4, 0.5) is 10.1 Å². The summed E-state index contributed by atoms with van der Waals surface area (Å²) < 4.78 is 18.7. The van der Waals surface area contributed by atoms with E-state index in [1.165, 1.54) is 19.1 Å². The first-order chi connectivity index (χ1) is 12.0. The Morgan fingerprint density at radius 3 is 2.68 bits per heavy atom. The van der Waals surface area contributed by atoms with Crippen molar-refractivity contribution in [3.8, 4) is 0 Å². The van der Waals surface area contributed by atoms with E-state index in [-0.39, 0.29) is 23.7 Å². The molecule has 0 saturated carbocycles. The second-order valence-electron chi connectivity index (χ2n) is 5.90. The van der Waals surface area contributed by atoms with Gasteiger partial charge in [0.25, 0.3) is 5.91 Å². The lowest BCUT2D eigenvalue weighted by molar-refractivity contribution is -0.114. The van der Waals surface area contributed by atoms with Gasteiger partial charge in [-0.25, -0.2) is 4.39 Å². The molecule has 1 atom stereocenters. The molecule has 1 saturated heterocycles. The quantitative estimate of drug-likeness (QED) is 0.933. The number of nitrogens with one attached hydrogen (secondary N) is 1. The van der Waals surface area contributed by atoms with Crippen molar-refractivity contribution in [3.63, 3.8) is 0 Å². The first-order valence-electron chi connectivity index (χ1n) is 8.06. The number of nitrogens with zero attached hydrogens (tertiary/aromatic N) is 1. The molecule has 1 heterocycles. The summed E-state index contributed by atoms with van der Waals surface area (Å²) in [6.45, 7) is 2.68. The second-order valence-corrected chi connectivity index (χ2v) is 5.90. The third-order valence-electron chi connectivity index (χ3n) is 4.07. The Morgan fingerprint density at radius 2 is 1.96 bits per heavy atom. The minimum Gasteiger partial charge on any atom is -0.377 e. The normalized spacial score (nSPS) is 17.2. The summed E-state index contributed by atoms with van der Waals surface area (Å²) in [5.41, 5.74) is 1.89. The van der Waals surface area contributed by atoms with Gasteiger partial charge in [-0.3, -0.25) is 9.59 Å². The molecule has 0 bridgehead atoms. The molecule has 0 aromatic heterocycles. The summed E-state index contributed by atoms with van der Waals surface area (Å²) >= 11 is 0. The summed E-state index contributed by atoms with van der Waals surface area (Å²) in [6.07, 6.45) is 0. The molecule has 1 N–H and O–H groups in total. The number of benzene rings is 2. The number of rotatable bonds is 3. The summed E-state index contributed by atoms with van der Waals surface area (Å²) in [6, 6.07) is 12.7. The molecule has 6 heteroatoms. The van der Waals surface area contributed by atoms with Crippen LogP contribution in [0.25, 0.3) is 0 Å². The molecule has 0 radical (unpaired) electrons. The number of carbonyl (C=O) groups is 2. The highest BCUT2D eigenvalue weighted by Crippen LogP contribution is 2.26. The van der Waals surface area contributed by atoms with Crippen molar-refractivity contribution in [2.45, 2.75) is 13.0 Å². The van der Waals surface area contributed by atoms with E-state index in [4.69, 9.17) is 4.74 Å². The maximum atomic E-state index is 13.2. The number of anilines is 1. The Kier molecular flexibility index (Phi) is 5.09. The van der Waals surface area contributed by atoms with Crippen molar-refractivity contribution in [2.24, 2.45) is 0 Å². The van der Waals surface area contributed by atoms with Crippen molar-refractivity contribution in [3.05, 3.63) is 65.5 Å². The highest BCUT2D eigenvalue weighted by Gasteiger charge is 2.29. The highest BCUT2D eigenvalue weighted by molar-refractivity contribution is 5.97. The summed E-state index contributed by atoms with van der Waals surface area (Å²) in [5.74, 6) is -0.661. The van der Waals surface area contributed by atoms with Gasteiger partial charge in [-0.2, -0.15) is 0 Å². The van der Waals surface area contributed by atoms with Gasteiger partial charge >= 0.3 is 0 Å². The molecular formula is C19H19FN2O3. The molecule has 2 aromatic rings. The fraction of sp³-hybridized carbons (Fsp3) is 0.263. The molecular weight excluding hydrogens is 323 g/mol. The molecule has 1 aliphatic heterocycles. The smallest absolute Gasteiger partial charge is 0.254 e. The van der Waals surface area contributed by atoms with Crippen LogP contribution in [0.2, 0.25) is 0 Å². The lowest BCUT2D eigenvalue weighted by Crippen LogP contribution is -2.43. The fourth-order valence-corrected chi connectivity index (χ4v) is 2.91. The van der Waals surface area contributed by atoms with E-state index in [1.54, 1.807) is 41.3 Å². The predicted octanol–water partition coefficient (Wildman–Crippen LogP) is 3.00. The van der Waals surface area contributed by atoms with Crippen molar-refractivity contribution in [1.82, 2.24) is 4.90 Å². The Hall–Kier alpha value is -2.73. The SMILES string of the molecule is CC(=O)Nc1cccc(C(=O)N2CCOCC2c2ccc(F)cc2)c1. The largest absolute Gasteiger partial charge is 0.377 e. The van der Waals surface area contributed by atoms with Crippen LogP contribution in [0.1, 0.15) is 28.9 Å². The van der Waals surface area contributed by atoms with Gasteiger partial charge in [-0.05, 0) is 35.9 Å². The zero-order valence-corrected chi connectivity index (χ0v) is 13.9. The van der Waals surface area contributed by atoms with Gasteiger partial charge in [0.2, 0.25) is 5.91 Å². The third kappa shape index (κ3) is 4.03. The number of amides is 2. The summed E-state index contributed by atoms with van der Waals surface area (Å²) in [5, 5.41) is 2.68. The van der Waals surface area contributed by atoms with E-state index in [2.05, 4.69) is 5.32 Å². The Balaban J connectivity index is 1.86. The van der Waals surface area contributed by atoms with E-state index in [0.29, 0.717) is 31.0 Å². The van der Waals surface area contributed by atoms with Gasteiger partial charge in [-0.15, -0.1) is 0 Å². The van der Waals surface area contributed by atoms with Crippen molar-refractivity contribution in [2.75, 3.05) is 25.1 Å². The van der Waals surface area contributed by atoms with E-state index in [9.17, 15) is 14.0 Å². The molecule has 1 aliphatic rings. The van der Waals surface area contributed by atoms with Gasteiger partial charge < -0.3 is 15.0 Å². The molecule has 25 heavy (non-hydrogen) atoms. The third-order valence-corrected chi connectivity index (χ3v) is 4.07. The van der Waals surface area contributed by atoms with Crippen molar-refractivity contribution < 1.29 is 18.7 Å². The fourth-order valence-electron chi connectivity index (χ4n) is 2.91. The Bertz CT molecular complexity index is 776. The minimum atomic E-state index is -0.318. The lowest BCUT2D eigenvalue weighted by atomic mass is 10.0. The van der Waals surface area contributed by atoms with Crippen LogP contribution in [0, 0.1) is 5.82 Å². The number of ether oxygens (including phenoxy) is 1. The Morgan fingerprint density at radius 1 is 1.20 bits per heavy atom. The first kappa shape index (κ1) is 17.1. The van der Waals surface area contributed by atoms with Gasteiger partial charge in [0.05, 0.1) is 19.3 Å². The number of halogens is 1. The summed E-state index contributed by atoms with van der Waals surface area (Å²) in [7, 11) is 0. The van der Waals surface area contributed by atoms with Crippen LogP contribution in [0.5, 0.6) is 0 Å². The van der Waals surface area contributed by atoms with E-state index in [1.807, 2.05) is 0 Å². The molecule has 2 amide bonds. The monoisotopic (exact) mass is 342 g/mol. The number of morpholine rings is 1. The van der Waals surface area contributed by atoms with Crippen LogP contribution in [0.3, 0.4) is 0 Å². The van der Waals surface area contributed by atoms with E-state index < -0.39 is 0 Å². The van der Waals surface area contributed by atoms with E-state index >= 15 is 0 Å². The molecule has 1 fully saturated rings. The van der Waals surface area contributed by atoms with E-state index in [0.717, 1.165) is 5.56 Å². The van der Waals surface area contributed by atoms with Gasteiger partial charge in [0, 0.05) is 24.7 Å². The second kappa shape index (κ2) is 7.44. The maximum Gasteiger partial charge on any atom is 0.254 e.